The largest absolute Gasteiger partial charge is 0.451 e. The van der Waals surface area contributed by atoms with Crippen molar-refractivity contribution in [2.24, 2.45) is 0 Å². The number of ether oxygens (including phenoxy) is 2. The third kappa shape index (κ3) is 0.727. The van der Waals surface area contributed by atoms with Crippen molar-refractivity contribution >= 4 is 0 Å². The van der Waals surface area contributed by atoms with Gasteiger partial charge < -0.3 is 9.47 Å². The van der Waals surface area contributed by atoms with Crippen molar-refractivity contribution in [3.63, 3.8) is 0 Å². The summed E-state index contributed by atoms with van der Waals surface area (Å²) >= 11 is 0. The van der Waals surface area contributed by atoms with Crippen LogP contribution >= 0.6 is 0 Å². The first-order valence-electron chi connectivity index (χ1n) is 3.04. The molecule has 1 aromatic carbocycles. The Bertz CT molecular complexity index is 220. The van der Waals surface area contributed by atoms with Gasteiger partial charge in [0.05, 0.1) is 6.92 Å². The van der Waals surface area contributed by atoms with Crippen molar-refractivity contribution in [1.82, 2.24) is 0 Å². The van der Waals surface area contributed by atoms with Gasteiger partial charge in [0, 0.05) is 0 Å². The highest BCUT2D eigenvalue weighted by Crippen LogP contribution is 2.33. The molecule has 1 aliphatic rings. The fourth-order valence-electron chi connectivity index (χ4n) is 0.919. The van der Waals surface area contributed by atoms with Crippen LogP contribution in [0.1, 0.15) is 0 Å². The second kappa shape index (κ2) is 1.90. The van der Waals surface area contributed by atoms with Crippen LogP contribution in [0.3, 0.4) is 0 Å². The topological polar surface area (TPSA) is 18.5 Å². The summed E-state index contributed by atoms with van der Waals surface area (Å²) in [7, 11) is 0. The molecule has 2 heteroatoms. The van der Waals surface area contributed by atoms with Crippen molar-refractivity contribution in [3.05, 3.63) is 31.2 Å². The highest BCUT2D eigenvalue weighted by molar-refractivity contribution is 5.41. The van der Waals surface area contributed by atoms with E-state index in [1.807, 2.05) is 24.3 Å². The molecule has 0 aromatic heterocycles. The maximum Gasteiger partial charge on any atom is 0.245 e. The van der Waals surface area contributed by atoms with Crippen LogP contribution in [0, 0.1) is 6.92 Å². The molecule has 1 aromatic rings. The van der Waals surface area contributed by atoms with Crippen LogP contribution in [0.25, 0.3) is 0 Å². The molecule has 0 unspecified atom stereocenters. The summed E-state index contributed by atoms with van der Waals surface area (Å²) in [5, 5.41) is 0. The zero-order valence-corrected chi connectivity index (χ0v) is 5.28. The van der Waals surface area contributed by atoms with Gasteiger partial charge >= 0.3 is 0 Å². The van der Waals surface area contributed by atoms with E-state index in [0.717, 1.165) is 11.5 Å². The third-order valence-electron chi connectivity index (χ3n) is 1.34. The molecule has 0 N–H and O–H groups in total. The Kier molecular flexibility index (Phi) is 1.07. The van der Waals surface area contributed by atoms with E-state index in [0.29, 0.717) is 0 Å². The number of benzene rings is 1. The summed E-state index contributed by atoms with van der Waals surface area (Å²) in [4.78, 5) is 0. The normalized spacial score (nSPS) is 15.7. The van der Waals surface area contributed by atoms with Crippen molar-refractivity contribution in [2.75, 3.05) is 0 Å². The maximum atomic E-state index is 5.34. The lowest BCUT2D eigenvalue weighted by molar-refractivity contribution is 0.0925. The first-order chi connectivity index (χ1) is 4.86. The molecule has 0 aliphatic carbocycles. The first kappa shape index (κ1) is 5.59. The van der Waals surface area contributed by atoms with Crippen molar-refractivity contribution in [2.45, 2.75) is 6.29 Å². The van der Waals surface area contributed by atoms with Gasteiger partial charge in [-0.3, -0.25) is 0 Å². The average molecular weight is 134 g/mol. The molecule has 1 aliphatic heterocycles. The minimum atomic E-state index is -0.627. The monoisotopic (exact) mass is 134 g/mol. The molecule has 0 bridgehead atoms. The number of para-hydroxylation sites is 2. The van der Waals surface area contributed by atoms with Crippen LogP contribution in [0.5, 0.6) is 11.5 Å². The van der Waals surface area contributed by atoms with E-state index in [-0.39, 0.29) is 0 Å². The number of hydrogen-bond acceptors (Lipinski definition) is 2. The van der Waals surface area contributed by atoms with Crippen LogP contribution in [-0.2, 0) is 0 Å². The highest BCUT2D eigenvalue weighted by atomic mass is 16.7. The van der Waals surface area contributed by atoms with E-state index >= 15 is 0 Å². The Hall–Kier alpha value is -1.18. The number of rotatable bonds is 0. The summed E-state index contributed by atoms with van der Waals surface area (Å²) < 4.78 is 10.1. The van der Waals surface area contributed by atoms with Gasteiger partial charge in [-0.2, -0.15) is 0 Å². The molecule has 2 rings (SSSR count). The molecule has 0 saturated carbocycles. The molecule has 0 atom stereocenters. The lowest BCUT2D eigenvalue weighted by atomic mass is 10.3. The molecule has 1 heterocycles. The van der Waals surface area contributed by atoms with Gasteiger partial charge in [-0.15, -0.1) is 0 Å². The van der Waals surface area contributed by atoms with E-state index < -0.39 is 6.29 Å². The average Bonchev–Trinajstić information content (AvgIpc) is 2.27. The standard InChI is InChI=1S/C8H6O2/c1-6-9-7-4-2-3-5-8(7)10-6/h1-6H. The van der Waals surface area contributed by atoms with Gasteiger partial charge in [-0.05, 0) is 12.1 Å². The van der Waals surface area contributed by atoms with Gasteiger partial charge in [-0.25, -0.2) is 0 Å². The highest BCUT2D eigenvalue weighted by Gasteiger charge is 2.18. The predicted molar refractivity (Wildman–Crippen MR) is 35.8 cm³/mol. The molecule has 2 radical (unpaired) electrons. The van der Waals surface area contributed by atoms with Gasteiger partial charge in [0.2, 0.25) is 6.29 Å². The fourth-order valence-corrected chi connectivity index (χ4v) is 0.919. The van der Waals surface area contributed by atoms with Crippen LogP contribution in [-0.4, -0.2) is 6.29 Å². The quantitative estimate of drug-likeness (QED) is 0.535. The Morgan fingerprint density at radius 3 is 2.10 bits per heavy atom. The SMILES string of the molecule is [CH]C1Oc2ccccc2O1. The van der Waals surface area contributed by atoms with E-state index in [1.54, 1.807) is 0 Å². The summed E-state index contributed by atoms with van der Waals surface area (Å²) in [6, 6.07) is 7.39. The van der Waals surface area contributed by atoms with E-state index in [1.165, 1.54) is 0 Å². The zero-order valence-electron chi connectivity index (χ0n) is 5.28. The van der Waals surface area contributed by atoms with Gasteiger partial charge in [-0.1, -0.05) is 12.1 Å². The summed E-state index contributed by atoms with van der Waals surface area (Å²) in [6.45, 7) is 5.34. The smallest absolute Gasteiger partial charge is 0.245 e. The lowest BCUT2D eigenvalue weighted by Gasteiger charge is -1.99. The van der Waals surface area contributed by atoms with Crippen molar-refractivity contribution < 1.29 is 9.47 Å². The van der Waals surface area contributed by atoms with Gasteiger partial charge in [0.15, 0.2) is 11.5 Å². The second-order valence-electron chi connectivity index (χ2n) is 2.05. The Labute approximate surface area is 59.4 Å². The molecule has 0 spiro atoms. The molecule has 0 fully saturated rings. The molecule has 50 valence electrons. The minimum Gasteiger partial charge on any atom is -0.451 e. The zero-order chi connectivity index (χ0) is 6.97. The first-order valence-corrected chi connectivity index (χ1v) is 3.04. The molecule has 0 saturated heterocycles. The van der Waals surface area contributed by atoms with Crippen molar-refractivity contribution in [3.8, 4) is 11.5 Å². The molecular weight excluding hydrogens is 128 g/mol. The van der Waals surface area contributed by atoms with Gasteiger partial charge in [0.25, 0.3) is 0 Å². The third-order valence-corrected chi connectivity index (χ3v) is 1.34. The molecule has 10 heavy (non-hydrogen) atoms. The predicted octanol–water partition coefficient (Wildman–Crippen LogP) is 1.49. The van der Waals surface area contributed by atoms with Crippen LogP contribution < -0.4 is 9.47 Å². The summed E-state index contributed by atoms with van der Waals surface area (Å²) in [5.41, 5.74) is 0. The summed E-state index contributed by atoms with van der Waals surface area (Å²) in [6.07, 6.45) is -0.627. The number of fused-ring (bicyclic) bond motifs is 1. The van der Waals surface area contributed by atoms with Crippen LogP contribution in [0.15, 0.2) is 24.3 Å². The van der Waals surface area contributed by atoms with E-state index in [4.69, 9.17) is 16.4 Å². The number of hydrogen-bond donors (Lipinski definition) is 0. The maximum absolute atomic E-state index is 5.34. The fraction of sp³-hybridized carbons (Fsp3) is 0.125. The molecule has 2 nitrogen and oxygen atoms in total. The Morgan fingerprint density at radius 2 is 1.60 bits per heavy atom. The molecule has 0 amide bonds. The Balaban J connectivity index is 2.42. The second-order valence-corrected chi connectivity index (χ2v) is 2.05. The Morgan fingerprint density at radius 1 is 1.10 bits per heavy atom. The minimum absolute atomic E-state index is 0.627. The molecular formula is C8H6O2. The lowest BCUT2D eigenvalue weighted by Crippen LogP contribution is -2.11. The van der Waals surface area contributed by atoms with E-state index in [9.17, 15) is 0 Å². The van der Waals surface area contributed by atoms with Crippen LogP contribution in [0.2, 0.25) is 0 Å². The summed E-state index contributed by atoms with van der Waals surface area (Å²) in [5.74, 6) is 1.44. The van der Waals surface area contributed by atoms with Gasteiger partial charge in [0.1, 0.15) is 0 Å². The van der Waals surface area contributed by atoms with Crippen LogP contribution in [0.4, 0.5) is 0 Å². The van der Waals surface area contributed by atoms with Crippen molar-refractivity contribution in [1.29, 1.82) is 0 Å². The van der Waals surface area contributed by atoms with E-state index in [2.05, 4.69) is 0 Å².